The van der Waals surface area contributed by atoms with E-state index in [4.69, 9.17) is 4.74 Å². The average molecular weight is 337 g/mol. The fraction of sp³-hybridized carbons (Fsp3) is 0.111. The van der Waals surface area contributed by atoms with Gasteiger partial charge < -0.3 is 4.74 Å². The van der Waals surface area contributed by atoms with Crippen LogP contribution in [0.4, 0.5) is 16.2 Å². The fourth-order valence-electron chi connectivity index (χ4n) is 2.37. The molecule has 7 nitrogen and oxygen atoms in total. The molecule has 0 aromatic heterocycles. The number of imide groups is 2. The molecule has 0 spiro atoms. The third-order valence-corrected chi connectivity index (χ3v) is 3.66. The Hall–Kier alpha value is -3.48. The van der Waals surface area contributed by atoms with Crippen molar-refractivity contribution >= 4 is 35.4 Å². The van der Waals surface area contributed by atoms with E-state index in [1.165, 1.54) is 13.3 Å². The second-order valence-corrected chi connectivity index (χ2v) is 5.26. The highest BCUT2D eigenvalue weighted by Crippen LogP contribution is 2.23. The van der Waals surface area contributed by atoms with Crippen LogP contribution in [0.15, 0.2) is 59.6 Å². The Morgan fingerprint density at radius 2 is 1.72 bits per heavy atom. The minimum atomic E-state index is -1.18. The van der Waals surface area contributed by atoms with E-state index in [2.05, 4.69) is 10.3 Å². The number of carbonyl (C=O) groups excluding carboxylic acids is 3. The number of nitrogens with one attached hydrogen (secondary N) is 1. The van der Waals surface area contributed by atoms with Gasteiger partial charge in [-0.25, -0.2) is 9.69 Å². The molecule has 3 rings (SSSR count). The second-order valence-electron chi connectivity index (χ2n) is 5.26. The topological polar surface area (TPSA) is 88.1 Å². The molecule has 25 heavy (non-hydrogen) atoms. The molecule has 1 fully saturated rings. The summed E-state index contributed by atoms with van der Waals surface area (Å²) in [5.74, 6) is -1.94. The van der Waals surface area contributed by atoms with Crippen LogP contribution in [0, 0.1) is 5.92 Å². The van der Waals surface area contributed by atoms with Crippen LogP contribution in [0.1, 0.15) is 0 Å². The molecule has 2 aromatic carbocycles. The summed E-state index contributed by atoms with van der Waals surface area (Å²) >= 11 is 0. The van der Waals surface area contributed by atoms with Gasteiger partial charge in [-0.2, -0.15) is 0 Å². The number of carbonyl (C=O) groups is 3. The first-order valence-electron chi connectivity index (χ1n) is 7.52. The third kappa shape index (κ3) is 3.40. The zero-order chi connectivity index (χ0) is 17.8. The Kier molecular flexibility index (Phi) is 4.56. The molecule has 2 aromatic rings. The molecular weight excluding hydrogens is 322 g/mol. The number of rotatable bonds is 4. The van der Waals surface area contributed by atoms with Gasteiger partial charge in [0.25, 0.3) is 5.91 Å². The maximum Gasteiger partial charge on any atom is 0.335 e. The van der Waals surface area contributed by atoms with Crippen molar-refractivity contribution in [3.05, 3.63) is 54.6 Å². The van der Waals surface area contributed by atoms with E-state index in [1.54, 1.807) is 48.5 Å². The minimum absolute atomic E-state index is 0.342. The van der Waals surface area contributed by atoms with Crippen LogP contribution in [0.3, 0.4) is 0 Å². The van der Waals surface area contributed by atoms with Crippen LogP contribution in [-0.4, -0.2) is 31.2 Å². The molecular formula is C18H15N3O4. The number of hydrogen-bond donors (Lipinski definition) is 1. The van der Waals surface area contributed by atoms with E-state index in [0.717, 1.165) is 4.90 Å². The lowest BCUT2D eigenvalue weighted by atomic mass is 10.1. The van der Waals surface area contributed by atoms with Gasteiger partial charge in [-0.3, -0.25) is 19.9 Å². The largest absolute Gasteiger partial charge is 0.497 e. The molecule has 0 saturated carbocycles. The lowest BCUT2D eigenvalue weighted by Crippen LogP contribution is -2.58. The number of anilines is 1. The zero-order valence-corrected chi connectivity index (χ0v) is 13.4. The van der Waals surface area contributed by atoms with E-state index in [0.29, 0.717) is 17.1 Å². The number of para-hydroxylation sites is 1. The van der Waals surface area contributed by atoms with E-state index < -0.39 is 23.8 Å². The van der Waals surface area contributed by atoms with Crippen LogP contribution in [0.5, 0.6) is 5.75 Å². The summed E-state index contributed by atoms with van der Waals surface area (Å²) in [4.78, 5) is 41.8. The van der Waals surface area contributed by atoms with Gasteiger partial charge in [-0.05, 0) is 36.4 Å². The Bertz CT molecular complexity index is 831. The zero-order valence-electron chi connectivity index (χ0n) is 13.4. The fourth-order valence-corrected chi connectivity index (χ4v) is 2.37. The third-order valence-electron chi connectivity index (χ3n) is 3.66. The Balaban J connectivity index is 1.87. The predicted molar refractivity (Wildman–Crippen MR) is 92.1 cm³/mol. The van der Waals surface area contributed by atoms with Crippen molar-refractivity contribution in [2.75, 3.05) is 12.0 Å². The number of nitrogens with zero attached hydrogens (tertiary/aromatic N) is 2. The van der Waals surface area contributed by atoms with Crippen LogP contribution >= 0.6 is 0 Å². The number of urea groups is 1. The number of aliphatic imine (C=N–C) groups is 1. The Labute approximate surface area is 143 Å². The first-order valence-corrected chi connectivity index (χ1v) is 7.52. The number of benzene rings is 2. The number of methoxy groups -OCH3 is 1. The van der Waals surface area contributed by atoms with Gasteiger partial charge in [0.1, 0.15) is 5.75 Å². The summed E-state index contributed by atoms with van der Waals surface area (Å²) in [5.41, 5.74) is 0.949. The van der Waals surface area contributed by atoms with Crippen molar-refractivity contribution in [2.24, 2.45) is 10.9 Å². The summed E-state index contributed by atoms with van der Waals surface area (Å²) < 4.78 is 5.06. The maximum absolute atomic E-state index is 12.6. The van der Waals surface area contributed by atoms with Gasteiger partial charge in [-0.1, -0.05) is 18.2 Å². The quantitative estimate of drug-likeness (QED) is 0.685. The van der Waals surface area contributed by atoms with Crippen LogP contribution in [0.25, 0.3) is 0 Å². The van der Waals surface area contributed by atoms with Crippen LogP contribution in [0.2, 0.25) is 0 Å². The van der Waals surface area contributed by atoms with E-state index in [1.807, 2.05) is 6.07 Å². The summed E-state index contributed by atoms with van der Waals surface area (Å²) in [6, 6.07) is 14.5. The molecule has 0 radical (unpaired) electrons. The number of hydrogen-bond acceptors (Lipinski definition) is 5. The highest BCUT2D eigenvalue weighted by Gasteiger charge is 2.40. The Morgan fingerprint density at radius 3 is 2.36 bits per heavy atom. The molecule has 0 bridgehead atoms. The molecule has 1 aliphatic heterocycles. The van der Waals surface area contributed by atoms with Gasteiger partial charge in [0, 0.05) is 6.21 Å². The van der Waals surface area contributed by atoms with Crippen LogP contribution < -0.4 is 15.0 Å². The summed E-state index contributed by atoms with van der Waals surface area (Å²) in [5, 5.41) is 2.18. The molecule has 126 valence electrons. The lowest BCUT2D eigenvalue weighted by molar-refractivity contribution is -0.131. The van der Waals surface area contributed by atoms with E-state index >= 15 is 0 Å². The highest BCUT2D eigenvalue weighted by atomic mass is 16.5. The van der Waals surface area contributed by atoms with Crippen molar-refractivity contribution in [2.45, 2.75) is 0 Å². The van der Waals surface area contributed by atoms with Gasteiger partial charge in [0.2, 0.25) is 5.91 Å². The summed E-state index contributed by atoms with van der Waals surface area (Å²) in [6.45, 7) is 0. The molecule has 4 amide bonds. The van der Waals surface area contributed by atoms with Gasteiger partial charge in [0.05, 0.1) is 18.5 Å². The number of barbiturate groups is 1. The normalized spacial score (nSPS) is 17.7. The van der Waals surface area contributed by atoms with Gasteiger partial charge >= 0.3 is 6.03 Å². The second kappa shape index (κ2) is 6.96. The molecule has 1 aliphatic rings. The first kappa shape index (κ1) is 16.4. The van der Waals surface area contributed by atoms with E-state index in [9.17, 15) is 14.4 Å². The molecule has 7 heteroatoms. The standard InChI is InChI=1S/C18H15N3O4/c1-25-14-9-7-13(8-10-14)21-17(23)15(16(22)20-18(21)24)11-19-12-5-3-2-4-6-12/h2-11,15H,1H3,(H,20,22,24)/t15-/m0/s1. The molecule has 1 N–H and O–H groups in total. The lowest BCUT2D eigenvalue weighted by Gasteiger charge is -2.28. The Morgan fingerprint density at radius 1 is 1.04 bits per heavy atom. The van der Waals surface area contributed by atoms with Crippen molar-refractivity contribution in [1.82, 2.24) is 5.32 Å². The number of amides is 4. The van der Waals surface area contributed by atoms with Crippen molar-refractivity contribution in [1.29, 1.82) is 0 Å². The molecule has 1 atom stereocenters. The van der Waals surface area contributed by atoms with Crippen LogP contribution in [-0.2, 0) is 9.59 Å². The SMILES string of the molecule is COc1ccc(N2C(=O)NC(=O)[C@H](C=Nc3ccccc3)C2=O)cc1. The smallest absolute Gasteiger partial charge is 0.335 e. The summed E-state index contributed by atoms with van der Waals surface area (Å²) in [7, 11) is 1.52. The maximum atomic E-state index is 12.6. The van der Waals surface area contributed by atoms with Gasteiger partial charge in [0.15, 0.2) is 5.92 Å². The molecule has 0 aliphatic carbocycles. The molecule has 1 saturated heterocycles. The average Bonchev–Trinajstić information content (AvgIpc) is 2.62. The minimum Gasteiger partial charge on any atom is -0.497 e. The molecule has 1 heterocycles. The highest BCUT2D eigenvalue weighted by molar-refractivity contribution is 6.32. The van der Waals surface area contributed by atoms with Gasteiger partial charge in [-0.15, -0.1) is 0 Å². The summed E-state index contributed by atoms with van der Waals surface area (Å²) in [6.07, 6.45) is 1.25. The van der Waals surface area contributed by atoms with Crippen molar-refractivity contribution in [3.8, 4) is 5.75 Å². The number of ether oxygens (including phenoxy) is 1. The first-order chi connectivity index (χ1) is 12.1. The van der Waals surface area contributed by atoms with E-state index in [-0.39, 0.29) is 0 Å². The van der Waals surface area contributed by atoms with Crippen molar-refractivity contribution < 1.29 is 19.1 Å². The van der Waals surface area contributed by atoms with Crippen molar-refractivity contribution in [3.63, 3.8) is 0 Å². The molecule has 0 unspecified atom stereocenters. The monoisotopic (exact) mass is 337 g/mol. The predicted octanol–water partition coefficient (Wildman–Crippen LogP) is 2.30.